The zero-order chi connectivity index (χ0) is 9.19. The molecule has 0 fully saturated rings. The van der Waals surface area contributed by atoms with Gasteiger partial charge >= 0.3 is 10.4 Å². The molecule has 0 saturated carbocycles. The van der Waals surface area contributed by atoms with E-state index in [1.165, 1.54) is 0 Å². The van der Waals surface area contributed by atoms with Gasteiger partial charge in [0.15, 0.2) is 0 Å². The first kappa shape index (κ1) is 9.42. The first-order valence-electron chi connectivity index (χ1n) is 2.90. The normalized spacial score (nSPS) is 21.4. The van der Waals surface area contributed by atoms with E-state index >= 15 is 0 Å². The van der Waals surface area contributed by atoms with Crippen molar-refractivity contribution in [3.05, 3.63) is 0 Å². The predicted molar refractivity (Wildman–Crippen MR) is 43.3 cm³/mol. The van der Waals surface area contributed by atoms with E-state index in [9.17, 15) is 8.42 Å². The van der Waals surface area contributed by atoms with E-state index in [1.807, 2.05) is 0 Å². The molecule has 0 amide bonds. The van der Waals surface area contributed by atoms with E-state index < -0.39 is 10.4 Å². The van der Waals surface area contributed by atoms with E-state index in [2.05, 4.69) is 26.4 Å². The zero-order valence-electron chi connectivity index (χ0n) is 5.87. The van der Waals surface area contributed by atoms with Crippen LogP contribution >= 0.6 is 12.6 Å². The monoisotopic (exact) mass is 213 g/mol. The molecule has 2 N–H and O–H groups in total. The third-order valence-corrected chi connectivity index (χ3v) is 1.78. The Morgan fingerprint density at radius 2 is 2.33 bits per heavy atom. The van der Waals surface area contributed by atoms with Crippen LogP contribution in [0.2, 0.25) is 0 Å². The van der Waals surface area contributed by atoms with Crippen LogP contribution in [0.1, 0.15) is 0 Å². The molecule has 0 bridgehead atoms. The summed E-state index contributed by atoms with van der Waals surface area (Å²) in [5, 5.41) is 3.94. The number of nitrogens with zero attached hydrogens (tertiary/aromatic N) is 2. The van der Waals surface area contributed by atoms with Gasteiger partial charge in [-0.15, -0.1) is 4.28 Å². The standard InChI is InChI=1S/C3H7N3O4S2/c4-3-5-9-12(7,8)10-6(3)1-2-11/h11H,1-2H2,(H2,4,5). The average molecular weight is 213 g/mol. The lowest BCUT2D eigenvalue weighted by Gasteiger charge is -2.21. The molecule has 7 nitrogen and oxygen atoms in total. The first-order chi connectivity index (χ1) is 5.55. The quantitative estimate of drug-likeness (QED) is 0.551. The van der Waals surface area contributed by atoms with Crippen LogP contribution in [0.25, 0.3) is 0 Å². The largest absolute Gasteiger partial charge is 0.491 e. The van der Waals surface area contributed by atoms with Crippen molar-refractivity contribution < 1.29 is 17.0 Å². The van der Waals surface area contributed by atoms with Gasteiger partial charge in [-0.1, -0.05) is 0 Å². The molecule has 1 heterocycles. The number of rotatable bonds is 2. The molecule has 0 atom stereocenters. The Labute approximate surface area is 74.8 Å². The Morgan fingerprint density at radius 3 is 2.92 bits per heavy atom. The average Bonchev–Trinajstić information content (AvgIpc) is 1.97. The molecule has 0 aromatic rings. The molecule has 12 heavy (non-hydrogen) atoms. The molecule has 0 unspecified atom stereocenters. The van der Waals surface area contributed by atoms with Crippen molar-refractivity contribution in [3.63, 3.8) is 0 Å². The van der Waals surface area contributed by atoms with Crippen LogP contribution in [0, 0.1) is 0 Å². The number of nitrogens with two attached hydrogens (primary N) is 1. The fraction of sp³-hybridized carbons (Fsp3) is 0.667. The molecular weight excluding hydrogens is 206 g/mol. The molecule has 0 radical (unpaired) electrons. The molecule has 9 heteroatoms. The summed E-state index contributed by atoms with van der Waals surface area (Å²) in [5.41, 5.74) is 5.21. The lowest BCUT2D eigenvalue weighted by atomic mass is 10.7. The maximum atomic E-state index is 10.6. The Morgan fingerprint density at radius 1 is 1.67 bits per heavy atom. The van der Waals surface area contributed by atoms with E-state index in [4.69, 9.17) is 5.73 Å². The van der Waals surface area contributed by atoms with Crippen LogP contribution in [0.5, 0.6) is 0 Å². The van der Waals surface area contributed by atoms with Crippen molar-refractivity contribution in [1.82, 2.24) is 5.06 Å². The van der Waals surface area contributed by atoms with Gasteiger partial charge in [0.25, 0.3) is 5.96 Å². The number of hydroxylamine groups is 2. The summed E-state index contributed by atoms with van der Waals surface area (Å²) in [6.45, 7) is 0.209. The molecule has 1 rings (SSSR count). The van der Waals surface area contributed by atoms with Gasteiger partial charge in [0.1, 0.15) is 0 Å². The topological polar surface area (TPSA) is 94.2 Å². The molecule has 0 saturated heterocycles. The van der Waals surface area contributed by atoms with Crippen LogP contribution in [-0.4, -0.2) is 31.7 Å². The number of guanidine groups is 1. The Kier molecular flexibility index (Phi) is 2.65. The summed E-state index contributed by atoms with van der Waals surface area (Å²) < 4.78 is 29.4. The van der Waals surface area contributed by atoms with Crippen LogP contribution in [0.15, 0.2) is 5.16 Å². The summed E-state index contributed by atoms with van der Waals surface area (Å²) in [5.74, 6) is 0.227. The van der Waals surface area contributed by atoms with E-state index in [0.717, 1.165) is 5.06 Å². The SMILES string of the molecule is NC1=NOS(=O)(=O)ON1CCS. The van der Waals surface area contributed by atoms with Crippen LogP contribution in [0.3, 0.4) is 0 Å². The third-order valence-electron chi connectivity index (χ3n) is 0.962. The molecule has 0 aromatic carbocycles. The zero-order valence-corrected chi connectivity index (χ0v) is 7.59. The summed E-state index contributed by atoms with van der Waals surface area (Å²) in [6, 6.07) is 0. The van der Waals surface area contributed by atoms with Crippen LogP contribution < -0.4 is 5.73 Å². The highest BCUT2D eigenvalue weighted by molar-refractivity contribution is 7.81. The van der Waals surface area contributed by atoms with E-state index in [1.54, 1.807) is 0 Å². The highest BCUT2D eigenvalue weighted by atomic mass is 32.3. The highest BCUT2D eigenvalue weighted by Crippen LogP contribution is 2.07. The van der Waals surface area contributed by atoms with Gasteiger partial charge in [-0.2, -0.15) is 26.1 Å². The van der Waals surface area contributed by atoms with Gasteiger partial charge in [-0.25, -0.2) is 4.28 Å². The second-order valence-corrected chi connectivity index (χ2v) is 3.39. The van der Waals surface area contributed by atoms with Crippen LogP contribution in [-0.2, 0) is 19.0 Å². The lowest BCUT2D eigenvalue weighted by Crippen LogP contribution is -2.43. The number of hydrogen-bond donors (Lipinski definition) is 2. The summed E-state index contributed by atoms with van der Waals surface area (Å²) in [7, 11) is -4.06. The number of oxime groups is 1. The maximum absolute atomic E-state index is 10.6. The van der Waals surface area contributed by atoms with E-state index in [0.29, 0.717) is 5.75 Å². The van der Waals surface area contributed by atoms with Gasteiger partial charge in [0.05, 0.1) is 6.54 Å². The summed E-state index contributed by atoms with van der Waals surface area (Å²) in [6.07, 6.45) is 0. The Hall–Kier alpha value is -0.670. The maximum Gasteiger partial charge on any atom is 0.491 e. The van der Waals surface area contributed by atoms with Crippen molar-refractivity contribution in [2.45, 2.75) is 0 Å². The minimum atomic E-state index is -4.06. The van der Waals surface area contributed by atoms with Gasteiger partial charge in [-0.05, 0) is 5.16 Å². The molecule has 1 aliphatic rings. The van der Waals surface area contributed by atoms with Crippen molar-refractivity contribution in [2.24, 2.45) is 10.9 Å². The van der Waals surface area contributed by atoms with Crippen LogP contribution in [0.4, 0.5) is 0 Å². The predicted octanol–water partition coefficient (Wildman–Crippen LogP) is -1.35. The van der Waals surface area contributed by atoms with Gasteiger partial charge < -0.3 is 5.73 Å². The minimum Gasteiger partial charge on any atom is -0.365 e. The van der Waals surface area contributed by atoms with Gasteiger partial charge in [-0.3, -0.25) is 0 Å². The highest BCUT2D eigenvalue weighted by Gasteiger charge is 2.26. The van der Waals surface area contributed by atoms with Crippen molar-refractivity contribution in [2.75, 3.05) is 12.3 Å². The molecular formula is C3H7N3O4S2. The molecule has 0 aliphatic carbocycles. The van der Waals surface area contributed by atoms with Crippen molar-refractivity contribution in [1.29, 1.82) is 0 Å². The molecule has 70 valence electrons. The summed E-state index contributed by atoms with van der Waals surface area (Å²) in [4.78, 5) is 0. The first-order valence-corrected chi connectivity index (χ1v) is 4.87. The third kappa shape index (κ3) is 2.16. The number of hydrogen-bond acceptors (Lipinski definition) is 8. The van der Waals surface area contributed by atoms with Gasteiger partial charge in [0, 0.05) is 5.75 Å². The minimum absolute atomic E-state index is 0.154. The molecule has 0 spiro atoms. The fourth-order valence-electron chi connectivity index (χ4n) is 0.534. The van der Waals surface area contributed by atoms with Gasteiger partial charge in [0.2, 0.25) is 0 Å². The molecule has 0 aromatic heterocycles. The van der Waals surface area contributed by atoms with Crippen molar-refractivity contribution in [3.8, 4) is 0 Å². The fourth-order valence-corrected chi connectivity index (χ4v) is 1.28. The van der Waals surface area contributed by atoms with E-state index in [-0.39, 0.29) is 12.5 Å². The Bertz CT molecular complexity index is 286. The number of thiol groups is 1. The second-order valence-electron chi connectivity index (χ2n) is 1.83. The second kappa shape index (κ2) is 3.37. The molecule has 1 aliphatic heterocycles. The summed E-state index contributed by atoms with van der Waals surface area (Å²) >= 11 is 3.86. The Balaban J connectivity index is 2.75. The smallest absolute Gasteiger partial charge is 0.365 e. The van der Waals surface area contributed by atoms with Crippen molar-refractivity contribution >= 4 is 29.0 Å². The lowest BCUT2D eigenvalue weighted by molar-refractivity contribution is -0.00809.